The molecule has 0 radical (unpaired) electrons. The number of carbonyl (C=O) groups excluding carboxylic acids is 1. The van der Waals surface area contributed by atoms with Crippen molar-refractivity contribution in [3.8, 4) is 0 Å². The summed E-state index contributed by atoms with van der Waals surface area (Å²) in [6.07, 6.45) is 0.738. The number of hydrogen-bond donors (Lipinski definition) is 1. The molecule has 144 valence electrons. The van der Waals surface area contributed by atoms with Crippen LogP contribution in [-0.4, -0.2) is 22.3 Å². The molecule has 0 aliphatic carbocycles. The van der Waals surface area contributed by atoms with E-state index in [1.807, 2.05) is 19.1 Å². The van der Waals surface area contributed by atoms with E-state index in [2.05, 4.69) is 41.4 Å². The number of para-hydroxylation sites is 1. The molecule has 4 aromatic rings. The van der Waals surface area contributed by atoms with E-state index in [1.54, 1.807) is 23.1 Å². The van der Waals surface area contributed by atoms with Crippen molar-refractivity contribution in [2.45, 2.75) is 19.4 Å². The van der Waals surface area contributed by atoms with Crippen LogP contribution in [0.15, 0.2) is 72.8 Å². The number of fused-ring (bicyclic) bond motifs is 3. The van der Waals surface area contributed by atoms with Crippen LogP contribution in [0.5, 0.6) is 0 Å². The molecule has 0 saturated carbocycles. The highest BCUT2D eigenvalue weighted by atomic mass is 19.1. The predicted molar refractivity (Wildman–Crippen MR) is 112 cm³/mol. The summed E-state index contributed by atoms with van der Waals surface area (Å²) in [6.45, 7) is 2.59. The molecular formula is C25H21FN2O. The molecule has 3 nitrogen and oxygen atoms in total. The summed E-state index contributed by atoms with van der Waals surface area (Å²) in [4.78, 5) is 18.7. The van der Waals surface area contributed by atoms with Crippen LogP contribution in [0.2, 0.25) is 0 Å². The second kappa shape index (κ2) is 6.89. The number of amides is 1. The summed E-state index contributed by atoms with van der Waals surface area (Å²) in [6, 6.07) is 22.4. The number of carbonyl (C=O) groups is 1. The Morgan fingerprint density at radius 2 is 1.72 bits per heavy atom. The lowest BCUT2D eigenvalue weighted by Crippen LogP contribution is -2.41. The van der Waals surface area contributed by atoms with Crippen LogP contribution >= 0.6 is 0 Å². The van der Waals surface area contributed by atoms with Gasteiger partial charge in [0.2, 0.25) is 0 Å². The van der Waals surface area contributed by atoms with Gasteiger partial charge in [0.05, 0.1) is 11.6 Å². The average molecular weight is 384 g/mol. The van der Waals surface area contributed by atoms with Crippen molar-refractivity contribution in [3.05, 3.63) is 107 Å². The number of benzene rings is 3. The molecule has 3 aromatic carbocycles. The van der Waals surface area contributed by atoms with Crippen LogP contribution in [0.25, 0.3) is 10.9 Å². The Morgan fingerprint density at radius 3 is 2.52 bits per heavy atom. The summed E-state index contributed by atoms with van der Waals surface area (Å²) in [5, 5.41) is 1.19. The maximum Gasteiger partial charge on any atom is 0.257 e. The number of rotatable bonds is 2. The van der Waals surface area contributed by atoms with Gasteiger partial charge < -0.3 is 9.88 Å². The molecule has 0 bridgehead atoms. The SMILES string of the molecule is Cc1ccc(C2c3[nH]c4ccccc4c3CCN2C(=O)c2ccccc2F)cc1. The van der Waals surface area contributed by atoms with E-state index in [0.717, 1.165) is 28.8 Å². The van der Waals surface area contributed by atoms with Gasteiger partial charge in [0.1, 0.15) is 5.82 Å². The third-order valence-electron chi connectivity index (χ3n) is 5.79. The largest absolute Gasteiger partial charge is 0.356 e. The second-order valence-corrected chi connectivity index (χ2v) is 7.60. The zero-order valence-electron chi connectivity index (χ0n) is 16.2. The highest BCUT2D eigenvalue weighted by Crippen LogP contribution is 2.39. The van der Waals surface area contributed by atoms with Crippen LogP contribution in [0.1, 0.15) is 38.8 Å². The van der Waals surface area contributed by atoms with Crippen molar-refractivity contribution in [2.24, 2.45) is 0 Å². The Morgan fingerprint density at radius 1 is 1.00 bits per heavy atom. The summed E-state index contributed by atoms with van der Waals surface area (Å²) >= 11 is 0. The molecule has 5 rings (SSSR count). The van der Waals surface area contributed by atoms with Crippen LogP contribution in [0, 0.1) is 12.7 Å². The van der Waals surface area contributed by atoms with Crippen molar-refractivity contribution in [3.63, 3.8) is 0 Å². The quantitative estimate of drug-likeness (QED) is 0.493. The molecule has 1 N–H and O–H groups in total. The molecule has 4 heteroatoms. The lowest BCUT2D eigenvalue weighted by atomic mass is 9.91. The molecule has 1 aromatic heterocycles. The molecule has 1 aliphatic rings. The number of nitrogens with zero attached hydrogens (tertiary/aromatic N) is 1. The fraction of sp³-hybridized carbons (Fsp3) is 0.160. The lowest BCUT2D eigenvalue weighted by Gasteiger charge is -2.36. The van der Waals surface area contributed by atoms with E-state index in [9.17, 15) is 9.18 Å². The van der Waals surface area contributed by atoms with Crippen LogP contribution in [-0.2, 0) is 6.42 Å². The molecule has 29 heavy (non-hydrogen) atoms. The summed E-state index contributed by atoms with van der Waals surface area (Å²) in [5.41, 5.74) is 5.62. The van der Waals surface area contributed by atoms with Gasteiger partial charge in [-0.2, -0.15) is 0 Å². The molecule has 0 saturated heterocycles. The molecule has 1 unspecified atom stereocenters. The lowest BCUT2D eigenvalue weighted by molar-refractivity contribution is 0.0687. The normalized spacial score (nSPS) is 16.1. The van der Waals surface area contributed by atoms with Gasteiger partial charge in [0.25, 0.3) is 5.91 Å². The van der Waals surface area contributed by atoms with Gasteiger partial charge in [-0.05, 0) is 42.7 Å². The Bertz CT molecular complexity index is 1210. The molecular weight excluding hydrogens is 363 g/mol. The Balaban J connectivity index is 1.68. The Kier molecular flexibility index (Phi) is 4.20. The van der Waals surface area contributed by atoms with Gasteiger partial charge >= 0.3 is 0 Å². The first-order chi connectivity index (χ1) is 14.1. The minimum Gasteiger partial charge on any atom is -0.356 e. The van der Waals surface area contributed by atoms with Gasteiger partial charge in [-0.15, -0.1) is 0 Å². The molecule has 1 atom stereocenters. The number of H-pyrrole nitrogens is 1. The molecule has 1 aliphatic heterocycles. The molecule has 1 amide bonds. The van der Waals surface area contributed by atoms with Crippen molar-refractivity contribution in [2.75, 3.05) is 6.54 Å². The number of aromatic amines is 1. The monoisotopic (exact) mass is 384 g/mol. The minimum atomic E-state index is -0.484. The van der Waals surface area contributed by atoms with Crippen LogP contribution in [0.3, 0.4) is 0 Å². The standard InChI is InChI=1S/C25H21FN2O/c1-16-10-12-17(13-11-16)24-23-19(18-6-3-5-9-22(18)27-23)14-15-28(24)25(29)20-7-2-4-8-21(20)26/h2-13,24,27H,14-15H2,1H3. The first kappa shape index (κ1) is 17.7. The Hall–Kier alpha value is -3.40. The third-order valence-corrected chi connectivity index (χ3v) is 5.79. The van der Waals surface area contributed by atoms with Crippen molar-refractivity contribution in [1.82, 2.24) is 9.88 Å². The van der Waals surface area contributed by atoms with Crippen molar-refractivity contribution >= 4 is 16.8 Å². The number of aromatic nitrogens is 1. The summed E-state index contributed by atoms with van der Waals surface area (Å²) < 4.78 is 14.4. The summed E-state index contributed by atoms with van der Waals surface area (Å²) in [5.74, 6) is -0.763. The van der Waals surface area contributed by atoms with Crippen LogP contribution in [0.4, 0.5) is 4.39 Å². The van der Waals surface area contributed by atoms with Crippen molar-refractivity contribution < 1.29 is 9.18 Å². The first-order valence-electron chi connectivity index (χ1n) is 9.85. The topological polar surface area (TPSA) is 36.1 Å². The zero-order valence-corrected chi connectivity index (χ0v) is 16.2. The van der Waals surface area contributed by atoms with E-state index in [0.29, 0.717) is 6.54 Å². The first-order valence-corrected chi connectivity index (χ1v) is 9.85. The predicted octanol–water partition coefficient (Wildman–Crippen LogP) is 5.40. The minimum absolute atomic E-state index is 0.115. The maximum absolute atomic E-state index is 14.4. The van der Waals surface area contributed by atoms with E-state index in [4.69, 9.17) is 0 Å². The van der Waals surface area contributed by atoms with E-state index in [1.165, 1.54) is 17.0 Å². The van der Waals surface area contributed by atoms with Gasteiger partial charge in [-0.3, -0.25) is 4.79 Å². The molecule has 2 heterocycles. The fourth-order valence-corrected chi connectivity index (χ4v) is 4.34. The number of hydrogen-bond acceptors (Lipinski definition) is 1. The second-order valence-electron chi connectivity index (χ2n) is 7.60. The zero-order chi connectivity index (χ0) is 20.0. The van der Waals surface area contributed by atoms with Gasteiger partial charge in [-0.1, -0.05) is 60.2 Å². The third kappa shape index (κ3) is 2.92. The average Bonchev–Trinajstić information content (AvgIpc) is 3.12. The van der Waals surface area contributed by atoms with E-state index < -0.39 is 5.82 Å². The van der Waals surface area contributed by atoms with Crippen molar-refractivity contribution in [1.29, 1.82) is 0 Å². The highest BCUT2D eigenvalue weighted by molar-refractivity contribution is 5.96. The molecule has 0 spiro atoms. The highest BCUT2D eigenvalue weighted by Gasteiger charge is 2.35. The molecule has 0 fully saturated rings. The number of halogens is 1. The Labute approximate surface area is 168 Å². The number of aryl methyl sites for hydroxylation is 1. The maximum atomic E-state index is 14.4. The van der Waals surface area contributed by atoms with E-state index in [-0.39, 0.29) is 17.5 Å². The van der Waals surface area contributed by atoms with E-state index >= 15 is 0 Å². The van der Waals surface area contributed by atoms with Gasteiger partial charge in [-0.25, -0.2) is 4.39 Å². The van der Waals surface area contributed by atoms with Gasteiger partial charge in [0.15, 0.2) is 0 Å². The summed E-state index contributed by atoms with van der Waals surface area (Å²) in [7, 11) is 0. The fourth-order valence-electron chi connectivity index (χ4n) is 4.34. The van der Waals surface area contributed by atoms with Crippen LogP contribution < -0.4 is 0 Å². The van der Waals surface area contributed by atoms with Gasteiger partial charge in [0, 0.05) is 23.1 Å². The number of nitrogens with one attached hydrogen (secondary N) is 1. The smallest absolute Gasteiger partial charge is 0.257 e.